The van der Waals surface area contributed by atoms with Crippen LogP contribution in [-0.4, -0.2) is 18.8 Å². The molecule has 0 aliphatic carbocycles. The second-order valence-electron chi connectivity index (χ2n) is 7.88. The molecule has 2 atom stereocenters. The van der Waals surface area contributed by atoms with E-state index in [2.05, 4.69) is 48.6 Å². The van der Waals surface area contributed by atoms with Crippen molar-refractivity contribution in [1.29, 1.82) is 0 Å². The van der Waals surface area contributed by atoms with Gasteiger partial charge in [0.25, 0.3) is 0 Å². The average molecular weight is 422 g/mol. The lowest BCUT2D eigenvalue weighted by Crippen LogP contribution is -2.21. The topological polar surface area (TPSA) is 30.5 Å². The van der Waals surface area contributed by atoms with Gasteiger partial charge in [-0.05, 0) is 60.7 Å². The molecule has 1 aliphatic rings. The summed E-state index contributed by atoms with van der Waals surface area (Å²) in [6, 6.07) is 24.4. The second-order valence-corrected chi connectivity index (χ2v) is 8.32. The van der Waals surface area contributed by atoms with Crippen LogP contribution in [0.15, 0.2) is 72.8 Å². The van der Waals surface area contributed by atoms with Crippen LogP contribution in [0.3, 0.4) is 0 Å². The maximum absolute atomic E-state index is 6.32. The summed E-state index contributed by atoms with van der Waals surface area (Å²) in [7, 11) is 0. The van der Waals surface area contributed by atoms with Gasteiger partial charge in [-0.1, -0.05) is 60.1 Å². The van der Waals surface area contributed by atoms with Gasteiger partial charge >= 0.3 is 0 Å². The van der Waals surface area contributed by atoms with Crippen LogP contribution in [0, 0.1) is 6.92 Å². The normalized spacial score (nSPS) is 18.3. The largest absolute Gasteiger partial charge is 0.489 e. The van der Waals surface area contributed by atoms with Gasteiger partial charge in [-0.25, -0.2) is 0 Å². The third-order valence-electron chi connectivity index (χ3n) is 5.57. The lowest BCUT2D eigenvalue weighted by molar-refractivity contribution is 0.0526. The monoisotopic (exact) mass is 421 g/mol. The van der Waals surface area contributed by atoms with Crippen LogP contribution in [-0.2, 0) is 17.8 Å². The quantitative estimate of drug-likeness (QED) is 0.454. The van der Waals surface area contributed by atoms with Gasteiger partial charge in [0.2, 0.25) is 0 Å². The molecule has 0 aromatic heterocycles. The summed E-state index contributed by atoms with van der Waals surface area (Å²) < 4.78 is 12.4. The van der Waals surface area contributed by atoms with Crippen molar-refractivity contribution < 1.29 is 9.47 Å². The number of hydrogen-bond acceptors (Lipinski definition) is 3. The van der Waals surface area contributed by atoms with E-state index in [1.54, 1.807) is 0 Å². The summed E-state index contributed by atoms with van der Waals surface area (Å²) >= 11 is 6.27. The Hall–Kier alpha value is -2.49. The molecule has 156 valence electrons. The van der Waals surface area contributed by atoms with E-state index in [9.17, 15) is 0 Å². The number of halogens is 1. The Morgan fingerprint density at radius 2 is 1.73 bits per heavy atom. The van der Waals surface area contributed by atoms with Crippen molar-refractivity contribution in [2.75, 3.05) is 11.9 Å². The molecule has 1 saturated heterocycles. The van der Waals surface area contributed by atoms with Crippen LogP contribution in [0.1, 0.15) is 29.5 Å². The number of para-hydroxylation sites is 1. The van der Waals surface area contributed by atoms with Crippen LogP contribution in [0.4, 0.5) is 5.69 Å². The molecule has 0 bridgehead atoms. The number of ether oxygens (including phenoxy) is 2. The zero-order valence-electron chi connectivity index (χ0n) is 17.3. The molecule has 0 radical (unpaired) electrons. The predicted octanol–water partition coefficient (Wildman–Crippen LogP) is 6.43. The van der Waals surface area contributed by atoms with E-state index in [-0.39, 0.29) is 12.2 Å². The van der Waals surface area contributed by atoms with Crippen LogP contribution < -0.4 is 10.1 Å². The van der Waals surface area contributed by atoms with E-state index in [0.717, 1.165) is 47.7 Å². The number of nitrogens with one attached hydrogen (secondary N) is 1. The smallest absolute Gasteiger partial charge is 0.123 e. The number of anilines is 1. The Morgan fingerprint density at radius 3 is 2.57 bits per heavy atom. The highest BCUT2D eigenvalue weighted by Crippen LogP contribution is 2.30. The van der Waals surface area contributed by atoms with E-state index in [1.165, 1.54) is 11.3 Å². The van der Waals surface area contributed by atoms with Gasteiger partial charge in [-0.15, -0.1) is 0 Å². The highest BCUT2D eigenvalue weighted by atomic mass is 35.5. The van der Waals surface area contributed by atoms with E-state index >= 15 is 0 Å². The highest BCUT2D eigenvalue weighted by Gasteiger charge is 2.26. The van der Waals surface area contributed by atoms with E-state index in [0.29, 0.717) is 6.61 Å². The summed E-state index contributed by atoms with van der Waals surface area (Å²) in [5, 5.41) is 4.26. The lowest BCUT2D eigenvalue weighted by Gasteiger charge is -2.18. The van der Waals surface area contributed by atoms with Gasteiger partial charge in [-0.3, -0.25) is 0 Å². The zero-order chi connectivity index (χ0) is 20.8. The van der Waals surface area contributed by atoms with Crippen molar-refractivity contribution in [3.8, 4) is 5.75 Å². The van der Waals surface area contributed by atoms with Crippen LogP contribution in [0.25, 0.3) is 0 Å². The molecule has 0 saturated carbocycles. The van der Waals surface area contributed by atoms with Gasteiger partial charge in [0.15, 0.2) is 0 Å². The standard InChI is InChI=1S/C26H28ClNO2/c1-19-7-5-6-10-25(19)28-17-24-13-12-23(30-24)16-21-15-22(27)11-14-26(21)29-18-20-8-3-2-4-9-20/h2-11,14-15,23-24,28H,12-13,16-18H2,1H3. The Balaban J connectivity index is 1.34. The molecule has 1 heterocycles. The molecule has 2 unspecified atom stereocenters. The first kappa shape index (κ1) is 20.8. The fraction of sp³-hybridized carbons (Fsp3) is 0.308. The predicted molar refractivity (Wildman–Crippen MR) is 123 cm³/mol. The van der Waals surface area contributed by atoms with Crippen molar-refractivity contribution in [1.82, 2.24) is 0 Å². The molecule has 1 N–H and O–H groups in total. The fourth-order valence-electron chi connectivity index (χ4n) is 3.90. The summed E-state index contributed by atoms with van der Waals surface area (Å²) in [6.07, 6.45) is 3.33. The lowest BCUT2D eigenvalue weighted by atomic mass is 10.0. The van der Waals surface area contributed by atoms with Crippen molar-refractivity contribution in [3.63, 3.8) is 0 Å². The molecular formula is C26H28ClNO2. The highest BCUT2D eigenvalue weighted by molar-refractivity contribution is 6.30. The van der Waals surface area contributed by atoms with Gasteiger partial charge in [0.1, 0.15) is 12.4 Å². The molecule has 3 nitrogen and oxygen atoms in total. The molecule has 0 amide bonds. The fourth-order valence-corrected chi connectivity index (χ4v) is 4.10. The molecule has 1 fully saturated rings. The van der Waals surface area contributed by atoms with Crippen LogP contribution in [0.2, 0.25) is 5.02 Å². The maximum Gasteiger partial charge on any atom is 0.123 e. The Kier molecular flexibility index (Phi) is 6.93. The second kappa shape index (κ2) is 10.0. The Morgan fingerprint density at radius 1 is 0.967 bits per heavy atom. The molecule has 1 aliphatic heterocycles. The molecule has 3 aromatic carbocycles. The van der Waals surface area contributed by atoms with Crippen molar-refractivity contribution >= 4 is 17.3 Å². The summed E-state index contributed by atoms with van der Waals surface area (Å²) in [5.41, 5.74) is 4.69. The molecule has 0 spiro atoms. The van der Waals surface area contributed by atoms with Gasteiger partial charge in [0, 0.05) is 23.7 Å². The molecular weight excluding hydrogens is 394 g/mol. The third kappa shape index (κ3) is 5.56. The molecule has 4 heteroatoms. The van der Waals surface area contributed by atoms with Crippen molar-refractivity contribution in [2.24, 2.45) is 0 Å². The zero-order valence-corrected chi connectivity index (χ0v) is 18.1. The summed E-state index contributed by atoms with van der Waals surface area (Å²) in [6.45, 7) is 3.50. The Labute approximate surface area is 184 Å². The van der Waals surface area contributed by atoms with Crippen LogP contribution in [0.5, 0.6) is 5.75 Å². The van der Waals surface area contributed by atoms with Crippen molar-refractivity contribution in [2.45, 2.75) is 45.0 Å². The number of benzene rings is 3. The first-order valence-electron chi connectivity index (χ1n) is 10.6. The number of aryl methyl sites for hydroxylation is 1. The van der Waals surface area contributed by atoms with Gasteiger partial charge < -0.3 is 14.8 Å². The first-order chi connectivity index (χ1) is 14.7. The van der Waals surface area contributed by atoms with E-state index in [4.69, 9.17) is 21.1 Å². The Bertz CT molecular complexity index is 960. The summed E-state index contributed by atoms with van der Waals surface area (Å²) in [4.78, 5) is 0. The number of hydrogen-bond donors (Lipinski definition) is 1. The van der Waals surface area contributed by atoms with Gasteiger partial charge in [-0.2, -0.15) is 0 Å². The minimum Gasteiger partial charge on any atom is -0.489 e. The SMILES string of the molecule is Cc1ccccc1NCC1CCC(Cc2cc(Cl)ccc2OCc2ccccc2)O1. The average Bonchev–Trinajstić information content (AvgIpc) is 3.21. The molecule has 4 rings (SSSR count). The number of rotatable bonds is 8. The van der Waals surface area contributed by atoms with Crippen molar-refractivity contribution in [3.05, 3.63) is 94.5 Å². The van der Waals surface area contributed by atoms with Gasteiger partial charge in [0.05, 0.1) is 12.2 Å². The minimum absolute atomic E-state index is 0.186. The third-order valence-corrected chi connectivity index (χ3v) is 5.80. The molecule has 3 aromatic rings. The van der Waals surface area contributed by atoms with E-state index in [1.807, 2.05) is 36.4 Å². The first-order valence-corrected chi connectivity index (χ1v) is 11.0. The molecule has 30 heavy (non-hydrogen) atoms. The van der Waals surface area contributed by atoms with Crippen LogP contribution >= 0.6 is 11.6 Å². The summed E-state index contributed by atoms with van der Waals surface area (Å²) in [5.74, 6) is 0.883. The minimum atomic E-state index is 0.186. The maximum atomic E-state index is 6.32. The van der Waals surface area contributed by atoms with E-state index < -0.39 is 0 Å².